The molecule has 1 aromatic carbocycles. The lowest BCUT2D eigenvalue weighted by molar-refractivity contribution is -0.156. The molecule has 230 valence electrons. The Balaban J connectivity index is 1.81. The molecule has 42 heavy (non-hydrogen) atoms. The zero-order valence-corrected chi connectivity index (χ0v) is 26.0. The minimum Gasteiger partial charge on any atom is -0.460 e. The molecule has 2 aliphatic rings. The van der Waals surface area contributed by atoms with E-state index in [2.05, 4.69) is 15.3 Å². The minimum absolute atomic E-state index is 0.00843. The molecule has 13 heteroatoms. The van der Waals surface area contributed by atoms with Crippen LogP contribution in [0, 0.1) is 5.92 Å². The summed E-state index contributed by atoms with van der Waals surface area (Å²) in [5.74, 6) is -1.39. The molecule has 2 aliphatic heterocycles. The SMILES string of the molecule is C[C@H](NC(=O)OC(C)(C)C)C(=O)N1C[C@H](CCB2OC(C)(C)C(C)(C)O2)C[C@](N=[N+]=[N-])(C(=O)OCc2ccccc2)C1. The van der Waals surface area contributed by atoms with Gasteiger partial charge in [0.1, 0.15) is 18.2 Å². The lowest BCUT2D eigenvalue weighted by Crippen LogP contribution is -2.60. The fourth-order valence-electron chi connectivity index (χ4n) is 5.14. The monoisotopic (exact) mass is 585 g/mol. The smallest absolute Gasteiger partial charge is 0.457 e. The van der Waals surface area contributed by atoms with Crippen molar-refractivity contribution >= 4 is 25.1 Å². The summed E-state index contributed by atoms with van der Waals surface area (Å²) in [6.45, 7) is 14.7. The zero-order chi connectivity index (χ0) is 31.3. The van der Waals surface area contributed by atoms with Gasteiger partial charge in [-0.25, -0.2) is 4.79 Å². The molecule has 2 amide bonds. The van der Waals surface area contributed by atoms with Crippen molar-refractivity contribution in [3.05, 3.63) is 46.3 Å². The molecule has 0 radical (unpaired) electrons. The number of rotatable bonds is 9. The number of ether oxygens (including phenoxy) is 2. The molecule has 0 aromatic heterocycles. The molecular weight excluding hydrogens is 541 g/mol. The third-order valence-corrected chi connectivity index (χ3v) is 7.91. The number of azide groups is 1. The van der Waals surface area contributed by atoms with Crippen LogP contribution >= 0.6 is 0 Å². The number of carbonyl (C=O) groups excluding carboxylic acids is 3. The van der Waals surface area contributed by atoms with E-state index in [-0.39, 0.29) is 32.0 Å². The fraction of sp³-hybridized carbons (Fsp3) is 0.690. The van der Waals surface area contributed by atoms with Crippen LogP contribution in [0.5, 0.6) is 0 Å². The first-order chi connectivity index (χ1) is 19.5. The van der Waals surface area contributed by atoms with Crippen molar-refractivity contribution < 1.29 is 33.2 Å². The normalized spacial score (nSPS) is 23.9. The number of carbonyl (C=O) groups is 3. The average Bonchev–Trinajstić information content (AvgIpc) is 3.10. The summed E-state index contributed by atoms with van der Waals surface area (Å²) in [4.78, 5) is 44.0. The number of amides is 2. The molecule has 0 bridgehead atoms. The molecule has 0 spiro atoms. The van der Waals surface area contributed by atoms with Crippen LogP contribution in [-0.2, 0) is 35.0 Å². The van der Waals surface area contributed by atoms with Crippen molar-refractivity contribution in [3.63, 3.8) is 0 Å². The number of nitrogens with one attached hydrogen (secondary N) is 1. The van der Waals surface area contributed by atoms with Crippen LogP contribution in [-0.4, -0.2) is 71.5 Å². The third-order valence-electron chi connectivity index (χ3n) is 7.91. The summed E-state index contributed by atoms with van der Waals surface area (Å²) >= 11 is 0. The van der Waals surface area contributed by atoms with Crippen molar-refractivity contribution in [2.75, 3.05) is 13.1 Å². The summed E-state index contributed by atoms with van der Waals surface area (Å²) in [5, 5.41) is 6.51. The van der Waals surface area contributed by atoms with Crippen LogP contribution < -0.4 is 5.32 Å². The number of benzene rings is 1. The highest BCUT2D eigenvalue weighted by atomic mass is 16.7. The second-order valence-electron chi connectivity index (χ2n) is 13.2. The van der Waals surface area contributed by atoms with Gasteiger partial charge in [-0.2, -0.15) is 0 Å². The van der Waals surface area contributed by atoms with Crippen molar-refractivity contribution in [2.45, 2.75) is 110 Å². The van der Waals surface area contributed by atoms with E-state index in [0.29, 0.717) is 12.7 Å². The van der Waals surface area contributed by atoms with E-state index in [0.717, 1.165) is 5.56 Å². The van der Waals surface area contributed by atoms with Crippen LogP contribution in [0.4, 0.5) is 4.79 Å². The largest absolute Gasteiger partial charge is 0.460 e. The summed E-state index contributed by atoms with van der Waals surface area (Å²) < 4.78 is 23.2. The minimum atomic E-state index is -1.65. The van der Waals surface area contributed by atoms with Gasteiger partial charge in [-0.15, -0.1) is 0 Å². The van der Waals surface area contributed by atoms with Crippen LogP contribution in [0.25, 0.3) is 10.4 Å². The zero-order valence-electron chi connectivity index (χ0n) is 26.0. The van der Waals surface area contributed by atoms with E-state index in [4.69, 9.17) is 18.8 Å². The Hall–Kier alpha value is -3.28. The van der Waals surface area contributed by atoms with Gasteiger partial charge in [0, 0.05) is 18.0 Å². The molecule has 3 atom stereocenters. The third kappa shape index (κ3) is 8.39. The average molecular weight is 586 g/mol. The van der Waals surface area contributed by atoms with Gasteiger partial charge in [-0.1, -0.05) is 41.9 Å². The van der Waals surface area contributed by atoms with Crippen LogP contribution in [0.2, 0.25) is 6.32 Å². The van der Waals surface area contributed by atoms with Gasteiger partial charge in [-0.05, 0) is 85.1 Å². The first kappa shape index (κ1) is 33.2. The first-order valence-electron chi connectivity index (χ1n) is 14.4. The maximum Gasteiger partial charge on any atom is 0.457 e. The second-order valence-corrected chi connectivity index (χ2v) is 13.2. The van der Waals surface area contributed by atoms with Gasteiger partial charge >= 0.3 is 19.2 Å². The first-order valence-corrected chi connectivity index (χ1v) is 14.4. The van der Waals surface area contributed by atoms with E-state index >= 15 is 0 Å². The number of alkyl carbamates (subject to hydrolysis) is 1. The fourth-order valence-corrected chi connectivity index (χ4v) is 5.14. The topological polar surface area (TPSA) is 152 Å². The lowest BCUT2D eigenvalue weighted by Gasteiger charge is -2.43. The Morgan fingerprint density at radius 2 is 1.79 bits per heavy atom. The van der Waals surface area contributed by atoms with Crippen molar-refractivity contribution in [3.8, 4) is 0 Å². The Kier molecular flexibility index (Phi) is 10.2. The van der Waals surface area contributed by atoms with E-state index in [1.54, 1.807) is 27.7 Å². The molecule has 1 N–H and O–H groups in total. The molecule has 2 saturated heterocycles. The molecule has 0 aliphatic carbocycles. The van der Waals surface area contributed by atoms with Gasteiger partial charge in [0.2, 0.25) is 5.91 Å². The maximum absolute atomic E-state index is 13.6. The predicted octanol–water partition coefficient (Wildman–Crippen LogP) is 5.02. The molecule has 2 fully saturated rings. The van der Waals surface area contributed by atoms with E-state index in [9.17, 15) is 19.9 Å². The molecule has 12 nitrogen and oxygen atoms in total. The van der Waals surface area contributed by atoms with Gasteiger partial charge in [0.25, 0.3) is 0 Å². The second kappa shape index (κ2) is 12.9. The quantitative estimate of drug-likeness (QED) is 0.140. The maximum atomic E-state index is 13.6. The number of likely N-dealkylation sites (tertiary alicyclic amines) is 1. The summed E-state index contributed by atoms with van der Waals surface area (Å²) in [6.07, 6.45) is 0.489. The number of nitrogens with zero attached hydrogens (tertiary/aromatic N) is 4. The van der Waals surface area contributed by atoms with Crippen molar-refractivity contribution in [2.24, 2.45) is 11.0 Å². The number of piperidine rings is 1. The van der Waals surface area contributed by atoms with Crippen LogP contribution in [0.3, 0.4) is 0 Å². The molecule has 1 aromatic rings. The summed E-state index contributed by atoms with van der Waals surface area (Å²) in [5.41, 5.74) is 6.91. The van der Waals surface area contributed by atoms with Crippen molar-refractivity contribution in [1.29, 1.82) is 0 Å². The van der Waals surface area contributed by atoms with Crippen molar-refractivity contribution in [1.82, 2.24) is 10.2 Å². The Morgan fingerprint density at radius 3 is 2.36 bits per heavy atom. The van der Waals surface area contributed by atoms with Gasteiger partial charge in [0.05, 0.1) is 11.2 Å². The standard InChI is InChI=1S/C29H44BN5O7/c1-20(32-25(38)40-26(2,3)4)23(36)35-17-22(14-15-30-41-27(5,6)28(7,8)42-30)16-29(19-35,33-34-31)24(37)39-18-21-12-10-9-11-13-21/h9-13,20,22H,14-19H2,1-8H3,(H,32,38)/t20-,22+,29+/m0/s1. The number of hydrogen-bond donors (Lipinski definition) is 1. The van der Waals surface area contributed by atoms with Gasteiger partial charge in [-0.3, -0.25) is 9.59 Å². The van der Waals surface area contributed by atoms with Gasteiger partial charge in [0.15, 0.2) is 5.54 Å². The predicted molar refractivity (Wildman–Crippen MR) is 157 cm³/mol. The van der Waals surface area contributed by atoms with Crippen LogP contribution in [0.15, 0.2) is 35.4 Å². The molecule has 0 saturated carbocycles. The highest BCUT2D eigenvalue weighted by molar-refractivity contribution is 6.45. The Labute approximate surface area is 248 Å². The van der Waals surface area contributed by atoms with E-state index in [1.165, 1.54) is 4.90 Å². The number of hydrogen-bond acceptors (Lipinski definition) is 8. The summed E-state index contributed by atoms with van der Waals surface area (Å²) in [6, 6.07) is 8.21. The highest BCUT2D eigenvalue weighted by Gasteiger charge is 2.52. The molecule has 3 rings (SSSR count). The van der Waals surface area contributed by atoms with Gasteiger partial charge < -0.3 is 29.0 Å². The molecule has 2 heterocycles. The molecular formula is C29H44BN5O7. The van der Waals surface area contributed by atoms with E-state index < -0.39 is 53.5 Å². The number of esters is 1. The lowest BCUT2D eigenvalue weighted by atomic mass is 9.74. The van der Waals surface area contributed by atoms with Crippen LogP contribution in [0.1, 0.15) is 73.8 Å². The molecule has 0 unspecified atom stereocenters. The Bertz CT molecular complexity index is 1170. The Morgan fingerprint density at radius 1 is 1.17 bits per heavy atom. The summed E-state index contributed by atoms with van der Waals surface area (Å²) in [7, 11) is -0.465. The highest BCUT2D eigenvalue weighted by Crippen LogP contribution is 2.40. The van der Waals surface area contributed by atoms with E-state index in [1.807, 2.05) is 58.0 Å².